The summed E-state index contributed by atoms with van der Waals surface area (Å²) in [6.07, 6.45) is -6.04. The van der Waals surface area contributed by atoms with Gasteiger partial charge in [-0.1, -0.05) is 17.7 Å². The summed E-state index contributed by atoms with van der Waals surface area (Å²) in [5.41, 5.74) is -3.96. The van der Waals surface area contributed by atoms with E-state index in [1.54, 1.807) is 0 Å². The minimum atomic E-state index is -4.86. The van der Waals surface area contributed by atoms with Crippen LogP contribution in [0.25, 0.3) is 5.65 Å². The second kappa shape index (κ2) is 7.36. The van der Waals surface area contributed by atoms with E-state index in [1.807, 2.05) is 0 Å². The van der Waals surface area contributed by atoms with Crippen LogP contribution in [-0.4, -0.2) is 43.5 Å². The van der Waals surface area contributed by atoms with Crippen LogP contribution in [0.4, 0.5) is 38.1 Å². The van der Waals surface area contributed by atoms with E-state index in [1.165, 1.54) is 13.0 Å². The van der Waals surface area contributed by atoms with Gasteiger partial charge in [0.25, 0.3) is 6.43 Å². The standard InChI is InChI=1S/C18H13ClF5N7O/c1-3-17(18(22,23)24)7-30(11-6-25-13-5-12(19)29-31(13)14(11)17)16(32)26-9-4-10(15(20)21)28-27-8(9)2/h3-6,15H,1,7H2,2H3,(H,26,28,32)/t17-/m1/s1. The Kier molecular flexibility index (Phi) is 5.03. The number of aryl methyl sites for hydroxylation is 1. The number of amides is 2. The van der Waals surface area contributed by atoms with Gasteiger partial charge in [-0.15, -0.1) is 11.7 Å². The van der Waals surface area contributed by atoms with E-state index < -0.39 is 42.0 Å². The van der Waals surface area contributed by atoms with Gasteiger partial charge in [0.05, 0.1) is 35.5 Å². The lowest BCUT2D eigenvalue weighted by Crippen LogP contribution is -2.47. The van der Waals surface area contributed by atoms with Gasteiger partial charge in [0.1, 0.15) is 11.1 Å². The molecule has 0 bridgehead atoms. The van der Waals surface area contributed by atoms with Crippen molar-refractivity contribution in [1.82, 2.24) is 24.8 Å². The zero-order valence-corrected chi connectivity index (χ0v) is 16.9. The average molecular weight is 474 g/mol. The molecule has 0 spiro atoms. The van der Waals surface area contributed by atoms with Crippen molar-refractivity contribution in [2.45, 2.75) is 24.9 Å². The number of carbonyl (C=O) groups is 1. The third kappa shape index (κ3) is 3.23. The minimum absolute atomic E-state index is 0.0437. The fourth-order valence-electron chi connectivity index (χ4n) is 3.49. The lowest BCUT2D eigenvalue weighted by Gasteiger charge is -2.29. The zero-order chi connectivity index (χ0) is 23.4. The summed E-state index contributed by atoms with van der Waals surface area (Å²) in [7, 11) is 0. The number of anilines is 2. The van der Waals surface area contributed by atoms with Crippen LogP contribution in [0.5, 0.6) is 0 Å². The molecule has 1 aliphatic rings. The highest BCUT2D eigenvalue weighted by Crippen LogP contribution is 2.51. The number of carbonyl (C=O) groups excluding carboxylic acids is 1. The molecule has 14 heteroatoms. The van der Waals surface area contributed by atoms with Gasteiger partial charge in [0, 0.05) is 6.07 Å². The number of aromatic nitrogens is 5. The fraction of sp³-hybridized carbons (Fsp3) is 0.278. The smallest absolute Gasteiger partial charge is 0.306 e. The maximum atomic E-state index is 14.3. The van der Waals surface area contributed by atoms with Crippen LogP contribution in [0.1, 0.15) is 23.5 Å². The molecule has 1 aliphatic heterocycles. The number of halogens is 6. The van der Waals surface area contributed by atoms with Gasteiger partial charge < -0.3 is 5.32 Å². The molecule has 168 valence electrons. The number of urea groups is 1. The maximum Gasteiger partial charge on any atom is 0.405 e. The maximum absolute atomic E-state index is 14.3. The molecule has 4 rings (SSSR count). The molecule has 3 aromatic rings. The van der Waals surface area contributed by atoms with Crippen molar-refractivity contribution in [2.75, 3.05) is 16.8 Å². The number of hydrogen-bond donors (Lipinski definition) is 1. The van der Waals surface area contributed by atoms with Crippen molar-refractivity contribution < 1.29 is 26.7 Å². The molecule has 0 aromatic carbocycles. The molecule has 0 unspecified atom stereocenters. The summed E-state index contributed by atoms with van der Waals surface area (Å²) in [4.78, 5) is 17.8. The molecule has 2 amide bonds. The Hall–Kier alpha value is -3.35. The van der Waals surface area contributed by atoms with E-state index >= 15 is 0 Å². The molecule has 0 fully saturated rings. The summed E-state index contributed by atoms with van der Waals surface area (Å²) < 4.78 is 69.6. The van der Waals surface area contributed by atoms with Gasteiger partial charge in [-0.25, -0.2) is 23.1 Å². The average Bonchev–Trinajstić information content (AvgIpc) is 3.26. The lowest BCUT2D eigenvalue weighted by molar-refractivity contribution is -0.172. The molecular weight excluding hydrogens is 461 g/mol. The van der Waals surface area contributed by atoms with Crippen molar-refractivity contribution in [3.63, 3.8) is 0 Å². The molecule has 32 heavy (non-hydrogen) atoms. The summed E-state index contributed by atoms with van der Waals surface area (Å²) >= 11 is 5.85. The molecule has 8 nitrogen and oxygen atoms in total. The van der Waals surface area contributed by atoms with Gasteiger partial charge in [-0.2, -0.15) is 23.4 Å². The van der Waals surface area contributed by atoms with E-state index in [0.717, 1.165) is 21.7 Å². The van der Waals surface area contributed by atoms with Gasteiger partial charge in [0.15, 0.2) is 10.8 Å². The van der Waals surface area contributed by atoms with Crippen LogP contribution in [0.15, 0.2) is 31.0 Å². The van der Waals surface area contributed by atoms with Gasteiger partial charge in [0.2, 0.25) is 0 Å². The first-order chi connectivity index (χ1) is 15.0. The number of rotatable bonds is 3. The summed E-state index contributed by atoms with van der Waals surface area (Å²) in [5.74, 6) is 0. The molecule has 4 heterocycles. The number of alkyl halides is 5. The Morgan fingerprint density at radius 1 is 1.34 bits per heavy atom. The number of hydrogen-bond acceptors (Lipinski definition) is 5. The van der Waals surface area contributed by atoms with E-state index in [4.69, 9.17) is 11.6 Å². The lowest BCUT2D eigenvalue weighted by atomic mass is 9.85. The predicted molar refractivity (Wildman–Crippen MR) is 104 cm³/mol. The molecule has 1 N–H and O–H groups in total. The van der Waals surface area contributed by atoms with Crippen molar-refractivity contribution >= 4 is 34.7 Å². The van der Waals surface area contributed by atoms with Crippen LogP contribution in [-0.2, 0) is 5.41 Å². The molecular formula is C18H13ClF5N7O. The molecule has 3 aromatic heterocycles. The van der Waals surface area contributed by atoms with Crippen LogP contribution in [0.3, 0.4) is 0 Å². The highest BCUT2D eigenvalue weighted by molar-refractivity contribution is 6.29. The van der Waals surface area contributed by atoms with Crippen molar-refractivity contribution in [1.29, 1.82) is 0 Å². The fourth-order valence-corrected chi connectivity index (χ4v) is 3.66. The largest absolute Gasteiger partial charge is 0.405 e. The topological polar surface area (TPSA) is 88.3 Å². The van der Waals surface area contributed by atoms with Crippen LogP contribution >= 0.6 is 11.6 Å². The van der Waals surface area contributed by atoms with Gasteiger partial charge in [-0.05, 0) is 13.0 Å². The monoisotopic (exact) mass is 473 g/mol. The van der Waals surface area contributed by atoms with E-state index in [0.29, 0.717) is 6.08 Å². The van der Waals surface area contributed by atoms with Crippen LogP contribution < -0.4 is 10.2 Å². The third-order valence-corrected chi connectivity index (χ3v) is 5.30. The van der Waals surface area contributed by atoms with Crippen LogP contribution in [0, 0.1) is 6.92 Å². The summed E-state index contributed by atoms with van der Waals surface area (Å²) in [6, 6.07) is 1.16. The number of nitrogens with one attached hydrogen (secondary N) is 1. The highest BCUT2D eigenvalue weighted by atomic mass is 35.5. The van der Waals surface area contributed by atoms with Gasteiger partial charge >= 0.3 is 12.2 Å². The Labute approximate surface area is 181 Å². The SMILES string of the molecule is C=C[C@@]1(C(F)(F)F)CN(C(=O)Nc2cc(C(F)F)nnc2C)c2cnc3cc(Cl)nn3c21. The van der Waals surface area contributed by atoms with Crippen molar-refractivity contribution in [3.8, 4) is 0 Å². The first kappa shape index (κ1) is 21.9. The first-order valence-electron chi connectivity index (χ1n) is 8.94. The highest BCUT2D eigenvalue weighted by Gasteiger charge is 2.62. The molecule has 0 saturated heterocycles. The zero-order valence-electron chi connectivity index (χ0n) is 16.2. The predicted octanol–water partition coefficient (Wildman–Crippen LogP) is 4.46. The van der Waals surface area contributed by atoms with E-state index in [-0.39, 0.29) is 27.9 Å². The quantitative estimate of drug-likeness (QED) is 0.448. The molecule has 0 aliphatic carbocycles. The van der Waals surface area contributed by atoms with E-state index in [2.05, 4.69) is 32.2 Å². The molecule has 0 radical (unpaired) electrons. The van der Waals surface area contributed by atoms with E-state index in [9.17, 15) is 26.7 Å². The summed E-state index contributed by atoms with van der Waals surface area (Å²) in [6.45, 7) is 3.87. The second-order valence-corrected chi connectivity index (χ2v) is 7.37. The van der Waals surface area contributed by atoms with Gasteiger partial charge in [-0.3, -0.25) is 4.90 Å². The first-order valence-corrected chi connectivity index (χ1v) is 9.32. The number of fused-ring (bicyclic) bond motifs is 3. The second-order valence-electron chi connectivity index (χ2n) is 6.99. The Balaban J connectivity index is 1.83. The minimum Gasteiger partial charge on any atom is -0.306 e. The summed E-state index contributed by atoms with van der Waals surface area (Å²) in [5, 5.41) is 13.0. The number of nitrogens with zero attached hydrogens (tertiary/aromatic N) is 6. The third-order valence-electron chi connectivity index (χ3n) is 5.12. The Bertz CT molecular complexity index is 1240. The van der Waals surface area contributed by atoms with Crippen LogP contribution in [0.2, 0.25) is 5.15 Å². The molecule has 0 saturated carbocycles. The molecule has 1 atom stereocenters. The Morgan fingerprint density at radius 2 is 2.06 bits per heavy atom. The van der Waals surface area contributed by atoms with Crippen molar-refractivity contribution in [3.05, 3.63) is 53.2 Å². The Morgan fingerprint density at radius 3 is 2.69 bits per heavy atom. The normalized spacial score (nSPS) is 18.3. The van der Waals surface area contributed by atoms with Crippen molar-refractivity contribution in [2.24, 2.45) is 0 Å².